The molecular weight excluding hydrogens is 402 g/mol. The summed E-state index contributed by atoms with van der Waals surface area (Å²) in [6.07, 6.45) is 7.54. The van der Waals surface area contributed by atoms with Crippen molar-refractivity contribution in [2.75, 3.05) is 4.90 Å². The quantitative estimate of drug-likeness (QED) is 0.463. The van der Waals surface area contributed by atoms with Gasteiger partial charge < -0.3 is 14.8 Å². The van der Waals surface area contributed by atoms with Gasteiger partial charge in [0.2, 0.25) is 0 Å². The Morgan fingerprint density at radius 2 is 1.71 bits per heavy atom. The molecule has 6 heteroatoms. The number of hydrogen-bond acceptors (Lipinski definition) is 3. The second kappa shape index (κ2) is 7.96. The van der Waals surface area contributed by atoms with Gasteiger partial charge in [-0.25, -0.2) is 0 Å². The van der Waals surface area contributed by atoms with E-state index in [-0.39, 0.29) is 12.1 Å². The van der Waals surface area contributed by atoms with Crippen LogP contribution in [0.3, 0.4) is 0 Å². The fourth-order valence-electron chi connectivity index (χ4n) is 4.18. The molecule has 1 aliphatic rings. The van der Waals surface area contributed by atoms with Crippen LogP contribution in [0.15, 0.2) is 85.5 Å². The molecule has 5 rings (SSSR count). The summed E-state index contributed by atoms with van der Waals surface area (Å²) in [5, 5.41) is 4.24. The Kier molecular flexibility index (Phi) is 5.00. The standard InChI is InChI=1S/C25H23N5S/c1-17-8-9-20(16-18(17)2)30-24(23(28-25(30)31)21-6-3-4-12-27-21)22-7-5-15-29(22)19-10-13-26-14-11-19/h3-16,23-24H,1-2H3,(H,28,31). The molecule has 0 bridgehead atoms. The van der Waals surface area contributed by atoms with Crippen molar-refractivity contribution < 1.29 is 0 Å². The average Bonchev–Trinajstić information content (AvgIpc) is 3.41. The topological polar surface area (TPSA) is 46.0 Å². The van der Waals surface area contributed by atoms with Crippen LogP contribution in [0.1, 0.15) is 34.6 Å². The number of rotatable bonds is 4. The van der Waals surface area contributed by atoms with Gasteiger partial charge in [-0.2, -0.15) is 0 Å². The first kappa shape index (κ1) is 19.5. The van der Waals surface area contributed by atoms with Crippen LogP contribution in [0.2, 0.25) is 0 Å². The molecule has 2 atom stereocenters. The maximum Gasteiger partial charge on any atom is 0.174 e. The number of thiocarbonyl (C=S) groups is 1. The lowest BCUT2D eigenvalue weighted by Gasteiger charge is -2.29. The van der Waals surface area contributed by atoms with Gasteiger partial charge in [-0.15, -0.1) is 0 Å². The van der Waals surface area contributed by atoms with Gasteiger partial charge in [-0.1, -0.05) is 12.1 Å². The third-order valence-electron chi connectivity index (χ3n) is 5.89. The van der Waals surface area contributed by atoms with E-state index in [1.807, 2.05) is 42.9 Å². The van der Waals surface area contributed by atoms with Crippen LogP contribution in [-0.2, 0) is 0 Å². The third-order valence-corrected chi connectivity index (χ3v) is 6.21. The summed E-state index contributed by atoms with van der Waals surface area (Å²) < 4.78 is 2.20. The molecule has 0 radical (unpaired) electrons. The number of aromatic nitrogens is 3. The minimum atomic E-state index is -0.0780. The largest absolute Gasteiger partial charge is 0.351 e. The molecular formula is C25H23N5S. The van der Waals surface area contributed by atoms with Gasteiger partial charge in [0, 0.05) is 41.9 Å². The van der Waals surface area contributed by atoms with Gasteiger partial charge >= 0.3 is 0 Å². The van der Waals surface area contributed by atoms with E-state index in [1.54, 1.807) is 0 Å². The smallest absolute Gasteiger partial charge is 0.174 e. The number of anilines is 1. The molecule has 2 unspecified atom stereocenters. The van der Waals surface area contributed by atoms with Crippen molar-refractivity contribution >= 4 is 23.0 Å². The van der Waals surface area contributed by atoms with Gasteiger partial charge in [0.1, 0.15) is 6.04 Å². The Morgan fingerprint density at radius 1 is 0.871 bits per heavy atom. The molecule has 1 fully saturated rings. The summed E-state index contributed by atoms with van der Waals surface area (Å²) in [5.74, 6) is 0. The molecule has 1 aliphatic heterocycles. The van der Waals surface area contributed by atoms with Gasteiger partial charge in [0.15, 0.2) is 5.11 Å². The number of nitrogens with zero attached hydrogens (tertiary/aromatic N) is 4. The maximum absolute atomic E-state index is 5.85. The van der Waals surface area contributed by atoms with Crippen LogP contribution in [-0.4, -0.2) is 19.6 Å². The fourth-order valence-corrected chi connectivity index (χ4v) is 4.53. The Balaban J connectivity index is 1.68. The van der Waals surface area contributed by atoms with Crippen LogP contribution in [0, 0.1) is 13.8 Å². The van der Waals surface area contributed by atoms with Crippen molar-refractivity contribution in [1.29, 1.82) is 0 Å². The highest BCUT2D eigenvalue weighted by atomic mass is 32.1. The van der Waals surface area contributed by atoms with Gasteiger partial charge in [0.05, 0.1) is 11.7 Å². The number of pyridine rings is 2. The lowest BCUT2D eigenvalue weighted by Crippen LogP contribution is -2.30. The highest BCUT2D eigenvalue weighted by molar-refractivity contribution is 7.80. The average molecular weight is 426 g/mol. The fraction of sp³-hybridized carbons (Fsp3) is 0.160. The van der Waals surface area contributed by atoms with E-state index < -0.39 is 0 Å². The van der Waals surface area contributed by atoms with E-state index in [1.165, 1.54) is 11.1 Å². The Bertz CT molecular complexity index is 1220. The van der Waals surface area contributed by atoms with Crippen molar-refractivity contribution in [3.8, 4) is 5.69 Å². The summed E-state index contributed by atoms with van der Waals surface area (Å²) in [6, 6.07) is 20.6. The Hall–Kier alpha value is -3.51. The summed E-state index contributed by atoms with van der Waals surface area (Å²) >= 11 is 5.85. The van der Waals surface area contributed by atoms with Crippen molar-refractivity contribution in [1.82, 2.24) is 19.9 Å². The summed E-state index contributed by atoms with van der Waals surface area (Å²) in [6.45, 7) is 4.26. The molecule has 4 heterocycles. The molecule has 0 aliphatic carbocycles. The number of nitrogens with one attached hydrogen (secondary N) is 1. The Morgan fingerprint density at radius 3 is 2.45 bits per heavy atom. The van der Waals surface area contributed by atoms with Crippen molar-refractivity contribution in [3.05, 3.63) is 108 Å². The van der Waals surface area contributed by atoms with E-state index in [4.69, 9.17) is 12.2 Å². The normalized spacial score (nSPS) is 18.3. The molecule has 0 spiro atoms. The lowest BCUT2D eigenvalue weighted by molar-refractivity contribution is 0.549. The first-order valence-electron chi connectivity index (χ1n) is 10.3. The summed E-state index contributed by atoms with van der Waals surface area (Å²) in [4.78, 5) is 11.0. The number of aryl methyl sites for hydroxylation is 2. The zero-order chi connectivity index (χ0) is 21.4. The highest BCUT2D eigenvalue weighted by Gasteiger charge is 2.42. The van der Waals surface area contributed by atoms with E-state index >= 15 is 0 Å². The lowest BCUT2D eigenvalue weighted by atomic mass is 10.00. The van der Waals surface area contributed by atoms with Crippen LogP contribution < -0.4 is 10.2 Å². The zero-order valence-corrected chi connectivity index (χ0v) is 18.3. The van der Waals surface area contributed by atoms with Crippen molar-refractivity contribution in [2.45, 2.75) is 25.9 Å². The predicted octanol–water partition coefficient (Wildman–Crippen LogP) is 5.06. The first-order valence-corrected chi connectivity index (χ1v) is 10.7. The molecule has 4 aromatic rings. The highest BCUT2D eigenvalue weighted by Crippen LogP contribution is 2.42. The van der Waals surface area contributed by atoms with E-state index in [9.17, 15) is 0 Å². The van der Waals surface area contributed by atoms with Gasteiger partial charge in [-0.3, -0.25) is 9.97 Å². The zero-order valence-electron chi connectivity index (χ0n) is 17.4. The number of hydrogen-bond donors (Lipinski definition) is 1. The minimum absolute atomic E-state index is 0.0623. The molecule has 5 nitrogen and oxygen atoms in total. The molecule has 3 aromatic heterocycles. The third kappa shape index (κ3) is 3.49. The van der Waals surface area contributed by atoms with E-state index in [2.05, 4.69) is 81.2 Å². The summed E-state index contributed by atoms with van der Waals surface area (Å²) in [5.41, 5.74) is 6.74. The molecule has 1 N–H and O–H groups in total. The maximum atomic E-state index is 5.85. The first-order chi connectivity index (χ1) is 15.1. The van der Waals surface area contributed by atoms with E-state index in [0.717, 1.165) is 22.8 Å². The minimum Gasteiger partial charge on any atom is -0.351 e. The molecule has 154 valence electrons. The van der Waals surface area contributed by atoms with Gasteiger partial charge in [0.25, 0.3) is 0 Å². The molecule has 0 amide bonds. The molecule has 31 heavy (non-hydrogen) atoms. The number of benzene rings is 1. The van der Waals surface area contributed by atoms with Crippen LogP contribution in [0.5, 0.6) is 0 Å². The van der Waals surface area contributed by atoms with Crippen LogP contribution in [0.4, 0.5) is 5.69 Å². The summed E-state index contributed by atoms with van der Waals surface area (Å²) in [7, 11) is 0. The SMILES string of the molecule is Cc1ccc(N2C(=S)NC(c3ccccn3)C2c2cccn2-c2ccncc2)cc1C. The predicted molar refractivity (Wildman–Crippen MR) is 127 cm³/mol. The second-order valence-electron chi connectivity index (χ2n) is 7.77. The van der Waals surface area contributed by atoms with Crippen molar-refractivity contribution in [2.24, 2.45) is 0 Å². The van der Waals surface area contributed by atoms with E-state index in [0.29, 0.717) is 5.11 Å². The van der Waals surface area contributed by atoms with Gasteiger partial charge in [-0.05, 0) is 85.7 Å². The Labute approximate surface area is 187 Å². The van der Waals surface area contributed by atoms with Crippen molar-refractivity contribution in [3.63, 3.8) is 0 Å². The van der Waals surface area contributed by atoms with Crippen LogP contribution >= 0.6 is 12.2 Å². The molecule has 0 saturated carbocycles. The monoisotopic (exact) mass is 425 g/mol. The van der Waals surface area contributed by atoms with Crippen LogP contribution in [0.25, 0.3) is 5.69 Å². The second-order valence-corrected chi connectivity index (χ2v) is 8.16. The molecule has 1 aromatic carbocycles. The molecule has 1 saturated heterocycles.